The Labute approximate surface area is 123 Å². The van der Waals surface area contributed by atoms with Crippen LogP contribution in [0.5, 0.6) is 5.75 Å². The lowest BCUT2D eigenvalue weighted by Gasteiger charge is -2.19. The lowest BCUT2D eigenvalue weighted by Crippen LogP contribution is -2.30. The second-order valence-electron chi connectivity index (χ2n) is 5.47. The first-order chi connectivity index (χ1) is 9.65. The first-order valence-corrected chi connectivity index (χ1v) is 7.59. The second-order valence-corrected chi connectivity index (χ2v) is 5.47. The molecule has 1 atom stereocenters. The predicted molar refractivity (Wildman–Crippen MR) is 84.4 cm³/mol. The zero-order chi connectivity index (χ0) is 14.8. The van der Waals surface area contributed by atoms with Gasteiger partial charge in [-0.2, -0.15) is 0 Å². The zero-order valence-electron chi connectivity index (χ0n) is 13.3. The molecular formula is C17H29NO2. The molecule has 0 heterocycles. The highest BCUT2D eigenvalue weighted by Gasteiger charge is 2.11. The third-order valence-corrected chi connectivity index (χ3v) is 3.35. The highest BCUT2D eigenvalue weighted by Crippen LogP contribution is 2.17. The average Bonchev–Trinajstić information content (AvgIpc) is 2.45. The summed E-state index contributed by atoms with van der Waals surface area (Å²) in [6.45, 7) is 9.08. The Bertz CT molecular complexity index is 366. The molecule has 114 valence electrons. The van der Waals surface area contributed by atoms with E-state index in [1.54, 1.807) is 7.11 Å². The molecule has 0 aliphatic carbocycles. The van der Waals surface area contributed by atoms with Gasteiger partial charge in [0.05, 0.1) is 7.11 Å². The quantitative estimate of drug-likeness (QED) is 0.667. The first-order valence-electron chi connectivity index (χ1n) is 7.59. The molecule has 0 bridgehead atoms. The molecule has 1 unspecified atom stereocenters. The van der Waals surface area contributed by atoms with E-state index in [4.69, 9.17) is 9.47 Å². The topological polar surface area (TPSA) is 30.5 Å². The Morgan fingerprint density at radius 1 is 1.25 bits per heavy atom. The molecule has 1 N–H and O–H groups in total. The number of rotatable bonds is 10. The van der Waals surface area contributed by atoms with E-state index in [2.05, 4.69) is 37.4 Å². The van der Waals surface area contributed by atoms with Crippen LogP contribution in [0.1, 0.15) is 32.8 Å². The monoisotopic (exact) mass is 279 g/mol. The number of hydrogen-bond donors (Lipinski definition) is 1. The van der Waals surface area contributed by atoms with Crippen LogP contribution < -0.4 is 10.1 Å². The fraction of sp³-hybridized carbons (Fsp3) is 0.647. The van der Waals surface area contributed by atoms with Gasteiger partial charge in [0.2, 0.25) is 0 Å². The second kappa shape index (κ2) is 9.78. The van der Waals surface area contributed by atoms with Crippen LogP contribution in [0, 0.1) is 5.92 Å². The minimum Gasteiger partial charge on any atom is -0.497 e. The van der Waals surface area contributed by atoms with Crippen molar-refractivity contribution in [2.75, 3.05) is 26.9 Å². The van der Waals surface area contributed by atoms with Gasteiger partial charge in [-0.05, 0) is 49.9 Å². The summed E-state index contributed by atoms with van der Waals surface area (Å²) in [7, 11) is 1.71. The van der Waals surface area contributed by atoms with Crippen molar-refractivity contribution in [3.8, 4) is 5.75 Å². The Kier molecular flexibility index (Phi) is 8.31. The Morgan fingerprint density at radius 3 is 2.70 bits per heavy atom. The maximum Gasteiger partial charge on any atom is 0.119 e. The fourth-order valence-corrected chi connectivity index (χ4v) is 2.21. The summed E-state index contributed by atoms with van der Waals surface area (Å²) in [5, 5.41) is 3.53. The lowest BCUT2D eigenvalue weighted by atomic mass is 9.96. The van der Waals surface area contributed by atoms with Gasteiger partial charge in [0.1, 0.15) is 5.75 Å². The van der Waals surface area contributed by atoms with E-state index in [9.17, 15) is 0 Å². The molecule has 1 rings (SSSR count). The molecule has 3 heteroatoms. The van der Waals surface area contributed by atoms with Gasteiger partial charge < -0.3 is 14.8 Å². The van der Waals surface area contributed by atoms with Crippen LogP contribution in [-0.4, -0.2) is 32.9 Å². The van der Waals surface area contributed by atoms with E-state index in [1.807, 2.05) is 13.0 Å². The molecular weight excluding hydrogens is 250 g/mol. The van der Waals surface area contributed by atoms with E-state index in [-0.39, 0.29) is 0 Å². The number of methoxy groups -OCH3 is 1. The van der Waals surface area contributed by atoms with Gasteiger partial charge in [0.25, 0.3) is 0 Å². The Morgan fingerprint density at radius 2 is 2.05 bits per heavy atom. The third-order valence-electron chi connectivity index (χ3n) is 3.35. The van der Waals surface area contributed by atoms with Crippen LogP contribution in [0.2, 0.25) is 0 Å². The van der Waals surface area contributed by atoms with E-state index >= 15 is 0 Å². The number of ether oxygens (including phenoxy) is 2. The minimum atomic E-state index is 0.523. The van der Waals surface area contributed by atoms with Crippen LogP contribution >= 0.6 is 0 Å². The summed E-state index contributed by atoms with van der Waals surface area (Å²) in [5.74, 6) is 1.53. The molecule has 1 aromatic carbocycles. The third kappa shape index (κ3) is 6.92. The summed E-state index contributed by atoms with van der Waals surface area (Å²) in [6.07, 6.45) is 2.15. The van der Waals surface area contributed by atoms with Crippen molar-refractivity contribution >= 4 is 0 Å². The summed E-state index contributed by atoms with van der Waals surface area (Å²) >= 11 is 0. The fourth-order valence-electron chi connectivity index (χ4n) is 2.21. The molecule has 0 saturated heterocycles. The molecule has 20 heavy (non-hydrogen) atoms. The highest BCUT2D eigenvalue weighted by atomic mass is 16.5. The SMILES string of the molecule is CCOCCC(CNC(C)C)Cc1cccc(OC)c1. The largest absolute Gasteiger partial charge is 0.497 e. The van der Waals surface area contributed by atoms with Gasteiger partial charge in [-0.3, -0.25) is 0 Å². The van der Waals surface area contributed by atoms with Crippen molar-refractivity contribution in [3.63, 3.8) is 0 Å². The molecule has 0 saturated carbocycles. The van der Waals surface area contributed by atoms with Crippen LogP contribution in [0.4, 0.5) is 0 Å². The summed E-state index contributed by atoms with van der Waals surface area (Å²) in [6, 6.07) is 8.87. The molecule has 0 aliphatic heterocycles. The minimum absolute atomic E-state index is 0.523. The lowest BCUT2D eigenvalue weighted by molar-refractivity contribution is 0.131. The molecule has 0 amide bonds. The molecule has 0 radical (unpaired) electrons. The zero-order valence-corrected chi connectivity index (χ0v) is 13.3. The normalized spacial score (nSPS) is 12.7. The molecule has 1 aromatic rings. The Hall–Kier alpha value is -1.06. The van der Waals surface area contributed by atoms with E-state index < -0.39 is 0 Å². The molecule has 0 fully saturated rings. The molecule has 0 spiro atoms. The first kappa shape index (κ1) is 17.0. The van der Waals surface area contributed by atoms with Gasteiger partial charge in [-0.15, -0.1) is 0 Å². The summed E-state index contributed by atoms with van der Waals surface area (Å²) < 4.78 is 10.8. The van der Waals surface area contributed by atoms with Crippen molar-refractivity contribution in [2.24, 2.45) is 5.92 Å². The van der Waals surface area contributed by atoms with E-state index in [0.717, 1.165) is 38.3 Å². The number of benzene rings is 1. The summed E-state index contributed by atoms with van der Waals surface area (Å²) in [5.41, 5.74) is 1.33. The van der Waals surface area contributed by atoms with Crippen molar-refractivity contribution in [3.05, 3.63) is 29.8 Å². The Balaban J connectivity index is 2.56. The summed E-state index contributed by atoms with van der Waals surface area (Å²) in [4.78, 5) is 0. The van der Waals surface area contributed by atoms with Crippen LogP contribution in [0.3, 0.4) is 0 Å². The maximum absolute atomic E-state index is 5.50. The average molecular weight is 279 g/mol. The standard InChI is InChI=1S/C17H29NO2/c1-5-20-10-9-16(13-18-14(2)3)11-15-7-6-8-17(12-15)19-4/h6-8,12,14,16,18H,5,9-11,13H2,1-4H3. The van der Waals surface area contributed by atoms with Crippen molar-refractivity contribution in [2.45, 2.75) is 39.7 Å². The van der Waals surface area contributed by atoms with E-state index in [1.165, 1.54) is 5.56 Å². The smallest absolute Gasteiger partial charge is 0.119 e. The van der Waals surface area contributed by atoms with Crippen LogP contribution in [-0.2, 0) is 11.2 Å². The molecule has 0 aliphatic rings. The van der Waals surface area contributed by atoms with Gasteiger partial charge in [0, 0.05) is 19.3 Å². The van der Waals surface area contributed by atoms with Gasteiger partial charge in [0.15, 0.2) is 0 Å². The maximum atomic E-state index is 5.50. The number of nitrogens with one attached hydrogen (secondary N) is 1. The van der Waals surface area contributed by atoms with Gasteiger partial charge >= 0.3 is 0 Å². The highest BCUT2D eigenvalue weighted by molar-refractivity contribution is 5.28. The van der Waals surface area contributed by atoms with Crippen molar-refractivity contribution in [1.29, 1.82) is 0 Å². The van der Waals surface area contributed by atoms with Crippen molar-refractivity contribution in [1.82, 2.24) is 5.32 Å². The van der Waals surface area contributed by atoms with Crippen molar-refractivity contribution < 1.29 is 9.47 Å². The van der Waals surface area contributed by atoms with Gasteiger partial charge in [-0.1, -0.05) is 26.0 Å². The van der Waals surface area contributed by atoms with Crippen LogP contribution in [0.15, 0.2) is 24.3 Å². The number of hydrogen-bond acceptors (Lipinski definition) is 3. The van der Waals surface area contributed by atoms with E-state index in [0.29, 0.717) is 12.0 Å². The molecule has 0 aromatic heterocycles. The molecule has 3 nitrogen and oxygen atoms in total. The van der Waals surface area contributed by atoms with Gasteiger partial charge in [-0.25, -0.2) is 0 Å². The predicted octanol–water partition coefficient (Wildman–Crippen LogP) is 3.28. The van der Waals surface area contributed by atoms with Crippen LogP contribution in [0.25, 0.3) is 0 Å².